The van der Waals surface area contributed by atoms with Gasteiger partial charge in [-0.1, -0.05) is 50.5 Å². The zero-order chi connectivity index (χ0) is 13.5. The van der Waals surface area contributed by atoms with E-state index in [0.29, 0.717) is 0 Å². The molecule has 0 spiro atoms. The number of aromatic nitrogens is 3. The van der Waals surface area contributed by atoms with E-state index in [1.807, 2.05) is 22.9 Å². The van der Waals surface area contributed by atoms with E-state index in [9.17, 15) is 0 Å². The number of unbranched alkanes of at least 4 members (excludes halogenated alkanes) is 1. The highest BCUT2D eigenvalue weighted by atomic mass is 15.4. The number of nitrogens with one attached hydrogen (secondary N) is 1. The van der Waals surface area contributed by atoms with E-state index in [1.165, 1.54) is 25.7 Å². The van der Waals surface area contributed by atoms with Gasteiger partial charge in [0.1, 0.15) is 5.52 Å². The Hall–Kier alpha value is -1.42. The fraction of sp³-hybridized carbons (Fsp3) is 0.600. The molecule has 0 saturated carbocycles. The van der Waals surface area contributed by atoms with E-state index in [-0.39, 0.29) is 0 Å². The molecule has 0 aliphatic rings. The number of benzene rings is 1. The predicted molar refractivity (Wildman–Crippen MR) is 78.8 cm³/mol. The molecule has 19 heavy (non-hydrogen) atoms. The Kier molecular flexibility index (Phi) is 5.33. The summed E-state index contributed by atoms with van der Waals surface area (Å²) in [6.45, 7) is 6.32. The fourth-order valence-corrected chi connectivity index (χ4v) is 2.35. The van der Waals surface area contributed by atoms with Crippen molar-refractivity contribution in [1.82, 2.24) is 20.3 Å². The third-order valence-electron chi connectivity index (χ3n) is 3.66. The molecule has 4 nitrogen and oxygen atoms in total. The summed E-state index contributed by atoms with van der Waals surface area (Å²) in [5.74, 6) is 0.773. The van der Waals surface area contributed by atoms with E-state index in [2.05, 4.69) is 35.5 Å². The van der Waals surface area contributed by atoms with E-state index in [0.717, 1.165) is 30.2 Å². The van der Waals surface area contributed by atoms with Crippen LogP contribution >= 0.6 is 0 Å². The second kappa shape index (κ2) is 7.24. The first-order valence-corrected chi connectivity index (χ1v) is 7.34. The van der Waals surface area contributed by atoms with Gasteiger partial charge in [-0.3, -0.25) is 5.32 Å². The maximum atomic E-state index is 4.18. The van der Waals surface area contributed by atoms with Gasteiger partial charge in [-0.05, 0) is 31.0 Å². The molecule has 0 radical (unpaired) electrons. The number of nitrogens with zero attached hydrogens (tertiary/aromatic N) is 3. The lowest BCUT2D eigenvalue weighted by molar-refractivity contribution is 0.390. The van der Waals surface area contributed by atoms with Gasteiger partial charge in [-0.2, -0.15) is 0 Å². The lowest BCUT2D eigenvalue weighted by atomic mass is 9.99. The first-order valence-electron chi connectivity index (χ1n) is 7.34. The Bertz CT molecular complexity index is 492. The molecular formula is C15H24N4. The van der Waals surface area contributed by atoms with Crippen LogP contribution in [0.25, 0.3) is 11.0 Å². The highest BCUT2D eigenvalue weighted by Gasteiger charge is 2.06. The quantitative estimate of drug-likeness (QED) is 0.792. The number of para-hydroxylation sites is 1. The summed E-state index contributed by atoms with van der Waals surface area (Å²) in [4.78, 5) is 0. The largest absolute Gasteiger partial charge is 0.298 e. The topological polar surface area (TPSA) is 42.7 Å². The summed E-state index contributed by atoms with van der Waals surface area (Å²) >= 11 is 0. The molecular weight excluding hydrogens is 236 g/mol. The Balaban J connectivity index is 1.85. The molecule has 1 aromatic heterocycles. The minimum Gasteiger partial charge on any atom is -0.298 e. The molecule has 1 heterocycles. The molecule has 1 atom stereocenters. The molecule has 2 aromatic rings. The van der Waals surface area contributed by atoms with Crippen molar-refractivity contribution >= 4 is 11.0 Å². The minimum absolute atomic E-state index is 0.739. The minimum atomic E-state index is 0.739. The van der Waals surface area contributed by atoms with Crippen molar-refractivity contribution in [2.24, 2.45) is 5.92 Å². The molecule has 0 aliphatic heterocycles. The van der Waals surface area contributed by atoms with Crippen molar-refractivity contribution in [1.29, 1.82) is 0 Å². The van der Waals surface area contributed by atoms with Crippen LogP contribution in [-0.2, 0) is 6.67 Å². The average Bonchev–Trinajstić information content (AvgIpc) is 2.86. The van der Waals surface area contributed by atoms with Gasteiger partial charge >= 0.3 is 0 Å². The molecule has 104 valence electrons. The number of hydrogen-bond acceptors (Lipinski definition) is 3. The van der Waals surface area contributed by atoms with Gasteiger partial charge in [-0.15, -0.1) is 5.10 Å². The smallest absolute Gasteiger partial charge is 0.113 e. The van der Waals surface area contributed by atoms with Crippen molar-refractivity contribution in [2.75, 3.05) is 6.54 Å². The van der Waals surface area contributed by atoms with Crippen molar-refractivity contribution in [3.63, 3.8) is 0 Å². The van der Waals surface area contributed by atoms with E-state index in [4.69, 9.17) is 0 Å². The van der Waals surface area contributed by atoms with Crippen LogP contribution in [0.2, 0.25) is 0 Å². The number of rotatable bonds is 8. The van der Waals surface area contributed by atoms with Crippen molar-refractivity contribution in [2.45, 2.75) is 46.2 Å². The molecule has 4 heteroatoms. The van der Waals surface area contributed by atoms with Crippen LogP contribution in [0.15, 0.2) is 24.3 Å². The lowest BCUT2D eigenvalue weighted by Gasteiger charge is -2.15. The molecule has 2 rings (SSSR count). The van der Waals surface area contributed by atoms with E-state index >= 15 is 0 Å². The standard InChI is InChI=1S/C15H24N4/c1-3-5-8-13(4-2)11-16-12-19-15-10-7-6-9-14(15)17-18-19/h6-7,9-10,13,16H,3-5,8,11-12H2,1-2H3. The summed E-state index contributed by atoms with van der Waals surface area (Å²) < 4.78 is 1.93. The summed E-state index contributed by atoms with van der Waals surface area (Å²) in [5.41, 5.74) is 2.05. The highest BCUT2D eigenvalue weighted by molar-refractivity contribution is 5.73. The molecule has 0 bridgehead atoms. The predicted octanol–water partition coefficient (Wildman–Crippen LogP) is 3.19. The van der Waals surface area contributed by atoms with Crippen LogP contribution in [0.4, 0.5) is 0 Å². The van der Waals surface area contributed by atoms with Crippen molar-refractivity contribution in [3.8, 4) is 0 Å². The van der Waals surface area contributed by atoms with E-state index in [1.54, 1.807) is 0 Å². The summed E-state index contributed by atoms with van der Waals surface area (Å²) in [7, 11) is 0. The summed E-state index contributed by atoms with van der Waals surface area (Å²) in [6, 6.07) is 8.07. The normalized spacial score (nSPS) is 12.9. The molecule has 0 fully saturated rings. The first kappa shape index (κ1) is 14.0. The van der Waals surface area contributed by atoms with Gasteiger partial charge in [0.05, 0.1) is 12.2 Å². The molecule has 1 unspecified atom stereocenters. The van der Waals surface area contributed by atoms with Crippen LogP contribution in [0.1, 0.15) is 39.5 Å². The lowest BCUT2D eigenvalue weighted by Crippen LogP contribution is -2.25. The van der Waals surface area contributed by atoms with Crippen molar-refractivity contribution < 1.29 is 0 Å². The third-order valence-corrected chi connectivity index (χ3v) is 3.66. The van der Waals surface area contributed by atoms with Gasteiger partial charge in [0.25, 0.3) is 0 Å². The molecule has 0 saturated heterocycles. The monoisotopic (exact) mass is 260 g/mol. The second-order valence-corrected chi connectivity index (χ2v) is 5.11. The summed E-state index contributed by atoms with van der Waals surface area (Å²) in [6.07, 6.45) is 5.17. The fourth-order valence-electron chi connectivity index (χ4n) is 2.35. The second-order valence-electron chi connectivity index (χ2n) is 5.11. The maximum Gasteiger partial charge on any atom is 0.113 e. The van der Waals surface area contributed by atoms with Crippen LogP contribution in [0, 0.1) is 5.92 Å². The average molecular weight is 260 g/mol. The van der Waals surface area contributed by atoms with Crippen molar-refractivity contribution in [3.05, 3.63) is 24.3 Å². The van der Waals surface area contributed by atoms with E-state index < -0.39 is 0 Å². The molecule has 1 aromatic carbocycles. The zero-order valence-electron chi connectivity index (χ0n) is 12.0. The SMILES string of the molecule is CCCCC(CC)CNCn1nnc2ccccc21. The Labute approximate surface area is 115 Å². The molecule has 0 aliphatic carbocycles. The molecule has 1 N–H and O–H groups in total. The third kappa shape index (κ3) is 3.77. The number of fused-ring (bicyclic) bond motifs is 1. The van der Waals surface area contributed by atoms with Crippen LogP contribution in [-0.4, -0.2) is 21.5 Å². The van der Waals surface area contributed by atoms with Gasteiger partial charge in [-0.25, -0.2) is 4.68 Å². The van der Waals surface area contributed by atoms with Crippen LogP contribution < -0.4 is 5.32 Å². The molecule has 0 amide bonds. The first-order chi connectivity index (χ1) is 9.35. The number of hydrogen-bond donors (Lipinski definition) is 1. The van der Waals surface area contributed by atoms with Gasteiger partial charge in [0.15, 0.2) is 0 Å². The summed E-state index contributed by atoms with van der Waals surface area (Å²) in [5, 5.41) is 11.8. The van der Waals surface area contributed by atoms with Crippen LogP contribution in [0.3, 0.4) is 0 Å². The van der Waals surface area contributed by atoms with Crippen LogP contribution in [0.5, 0.6) is 0 Å². The highest BCUT2D eigenvalue weighted by Crippen LogP contribution is 2.12. The van der Waals surface area contributed by atoms with Gasteiger partial charge in [0, 0.05) is 0 Å². The zero-order valence-corrected chi connectivity index (χ0v) is 12.0. The Morgan fingerprint density at radius 3 is 2.89 bits per heavy atom. The van der Waals surface area contributed by atoms with Gasteiger partial charge in [0.2, 0.25) is 0 Å². The van der Waals surface area contributed by atoms with Gasteiger partial charge < -0.3 is 0 Å². The maximum absolute atomic E-state index is 4.18. The Morgan fingerprint density at radius 2 is 2.11 bits per heavy atom. The Morgan fingerprint density at radius 1 is 1.26 bits per heavy atom.